The van der Waals surface area contributed by atoms with Crippen LogP contribution < -0.4 is 10.2 Å². The first-order valence-corrected chi connectivity index (χ1v) is 12.3. The number of anilines is 1. The molecule has 35 heavy (non-hydrogen) atoms. The Morgan fingerprint density at radius 1 is 1.17 bits per heavy atom. The number of aryl methyl sites for hydroxylation is 1. The Labute approximate surface area is 205 Å². The maximum Gasteiger partial charge on any atom is 0.233 e. The number of hydrogen-bond acceptors (Lipinski definition) is 7. The third-order valence-corrected chi connectivity index (χ3v) is 7.65. The zero-order valence-electron chi connectivity index (χ0n) is 20.4. The van der Waals surface area contributed by atoms with Crippen molar-refractivity contribution >= 4 is 11.6 Å². The summed E-state index contributed by atoms with van der Waals surface area (Å²) in [6.45, 7) is 3.33. The third-order valence-electron chi connectivity index (χ3n) is 7.65. The molecule has 3 aromatic rings. The van der Waals surface area contributed by atoms with Gasteiger partial charge < -0.3 is 20.2 Å². The van der Waals surface area contributed by atoms with Crippen molar-refractivity contribution in [3.63, 3.8) is 0 Å². The second-order valence-electron chi connectivity index (χ2n) is 9.69. The molecule has 2 saturated heterocycles. The Morgan fingerprint density at radius 2 is 1.91 bits per heavy atom. The largest absolute Gasteiger partial charge is 0.507 e. The number of phenolic OH excluding ortho intramolecular Hbond substituents is 1. The highest BCUT2D eigenvalue weighted by Gasteiger charge is 2.46. The Bertz CT molecular complexity index is 1180. The normalized spacial score (nSPS) is 18.4. The van der Waals surface area contributed by atoms with Crippen molar-refractivity contribution in [3.05, 3.63) is 54.5 Å². The van der Waals surface area contributed by atoms with E-state index in [1.807, 2.05) is 49.6 Å². The van der Waals surface area contributed by atoms with E-state index >= 15 is 0 Å². The average Bonchev–Trinajstić information content (AvgIpc) is 3.35. The van der Waals surface area contributed by atoms with Crippen LogP contribution in [0.1, 0.15) is 31.2 Å². The van der Waals surface area contributed by atoms with Crippen molar-refractivity contribution in [2.45, 2.75) is 37.1 Å². The number of phenols is 1. The summed E-state index contributed by atoms with van der Waals surface area (Å²) in [5, 5.41) is 26.5. The molecule has 184 valence electrons. The molecule has 2 N–H and O–H groups in total. The van der Waals surface area contributed by atoms with Gasteiger partial charge in [0.2, 0.25) is 5.91 Å². The molecule has 2 aromatic heterocycles. The molecule has 1 amide bonds. The van der Waals surface area contributed by atoms with E-state index in [0.29, 0.717) is 37.2 Å². The van der Waals surface area contributed by atoms with Crippen LogP contribution in [0.5, 0.6) is 5.75 Å². The van der Waals surface area contributed by atoms with Crippen molar-refractivity contribution in [1.29, 1.82) is 0 Å². The molecule has 0 unspecified atom stereocenters. The standard InChI is InChI=1S/C26H33N7O2/c1-31-18-19(16-29-31)26(25(35)32(2)20-7-11-27-12-8-20)9-13-33(14-10-26)21-15-23(30-28-17-21)22-5-3-4-6-24(22)34/h3-6,15-18,20,27,34H,7-14H2,1-2H3. The van der Waals surface area contributed by atoms with E-state index in [9.17, 15) is 9.90 Å². The number of aromatic hydroxyl groups is 1. The minimum absolute atomic E-state index is 0.180. The van der Waals surface area contributed by atoms with Gasteiger partial charge in [-0.05, 0) is 57.0 Å². The fourth-order valence-corrected chi connectivity index (χ4v) is 5.49. The van der Waals surface area contributed by atoms with Crippen LogP contribution in [0.4, 0.5) is 5.69 Å². The van der Waals surface area contributed by atoms with E-state index in [0.717, 1.165) is 37.2 Å². The first-order valence-electron chi connectivity index (χ1n) is 12.3. The molecule has 4 heterocycles. The molecular formula is C26H33N7O2. The highest BCUT2D eigenvalue weighted by molar-refractivity contribution is 5.88. The molecule has 0 saturated carbocycles. The molecule has 9 nitrogen and oxygen atoms in total. The number of carbonyl (C=O) groups is 1. The molecule has 0 aliphatic carbocycles. The van der Waals surface area contributed by atoms with Gasteiger partial charge in [-0.3, -0.25) is 9.48 Å². The van der Waals surface area contributed by atoms with Crippen LogP contribution in [-0.2, 0) is 17.3 Å². The molecule has 2 aliphatic rings. The van der Waals surface area contributed by atoms with Crippen molar-refractivity contribution in [2.24, 2.45) is 7.05 Å². The molecule has 0 atom stereocenters. The number of amides is 1. The highest BCUT2D eigenvalue weighted by Crippen LogP contribution is 2.39. The van der Waals surface area contributed by atoms with Gasteiger partial charge in [0.05, 0.1) is 29.2 Å². The maximum atomic E-state index is 14.0. The lowest BCUT2D eigenvalue weighted by Gasteiger charge is -2.44. The topological polar surface area (TPSA) is 99.4 Å². The van der Waals surface area contributed by atoms with Crippen LogP contribution in [0.25, 0.3) is 11.3 Å². The van der Waals surface area contributed by atoms with Crippen molar-refractivity contribution in [2.75, 3.05) is 38.1 Å². The van der Waals surface area contributed by atoms with Gasteiger partial charge in [-0.25, -0.2) is 0 Å². The van der Waals surface area contributed by atoms with Crippen LogP contribution in [0, 0.1) is 0 Å². The lowest BCUT2D eigenvalue weighted by atomic mass is 9.72. The van der Waals surface area contributed by atoms with Gasteiger partial charge >= 0.3 is 0 Å². The summed E-state index contributed by atoms with van der Waals surface area (Å²) in [4.78, 5) is 18.3. The fraction of sp³-hybridized carbons (Fsp3) is 0.462. The molecule has 5 rings (SSSR count). The molecule has 0 spiro atoms. The Hall–Kier alpha value is -3.46. The van der Waals surface area contributed by atoms with Gasteiger partial charge in [0.15, 0.2) is 0 Å². The van der Waals surface area contributed by atoms with Gasteiger partial charge in [0, 0.05) is 50.6 Å². The van der Waals surface area contributed by atoms with E-state index in [1.54, 1.807) is 23.0 Å². The molecule has 2 aliphatic heterocycles. The second kappa shape index (κ2) is 9.65. The zero-order chi connectivity index (χ0) is 24.4. The van der Waals surface area contributed by atoms with E-state index < -0.39 is 5.41 Å². The number of rotatable bonds is 5. The first kappa shape index (κ1) is 23.3. The minimum Gasteiger partial charge on any atom is -0.507 e. The smallest absolute Gasteiger partial charge is 0.233 e. The lowest BCUT2D eigenvalue weighted by Crippen LogP contribution is -2.55. The summed E-state index contributed by atoms with van der Waals surface area (Å²) >= 11 is 0. The summed E-state index contributed by atoms with van der Waals surface area (Å²) < 4.78 is 1.78. The van der Waals surface area contributed by atoms with Crippen molar-refractivity contribution in [1.82, 2.24) is 30.2 Å². The first-order chi connectivity index (χ1) is 17.0. The van der Waals surface area contributed by atoms with Crippen molar-refractivity contribution in [3.8, 4) is 17.0 Å². The van der Waals surface area contributed by atoms with Gasteiger partial charge in [0.25, 0.3) is 0 Å². The van der Waals surface area contributed by atoms with E-state index in [-0.39, 0.29) is 17.7 Å². The Morgan fingerprint density at radius 3 is 2.60 bits per heavy atom. The Balaban J connectivity index is 1.39. The summed E-state index contributed by atoms with van der Waals surface area (Å²) in [5.41, 5.74) is 2.63. The van der Waals surface area contributed by atoms with Crippen LogP contribution in [0.2, 0.25) is 0 Å². The van der Waals surface area contributed by atoms with Crippen molar-refractivity contribution < 1.29 is 9.90 Å². The summed E-state index contributed by atoms with van der Waals surface area (Å²) in [7, 11) is 3.87. The van der Waals surface area contributed by atoms with E-state index in [1.165, 1.54) is 0 Å². The summed E-state index contributed by atoms with van der Waals surface area (Å²) in [6, 6.07) is 9.37. The van der Waals surface area contributed by atoms with Crippen LogP contribution in [0.3, 0.4) is 0 Å². The fourth-order valence-electron chi connectivity index (χ4n) is 5.49. The number of carbonyl (C=O) groups excluding carboxylic acids is 1. The maximum absolute atomic E-state index is 14.0. The Kier molecular flexibility index (Phi) is 6.42. The number of aromatic nitrogens is 4. The molecule has 2 fully saturated rings. The number of para-hydroxylation sites is 1. The van der Waals surface area contributed by atoms with Gasteiger partial charge in [0.1, 0.15) is 5.75 Å². The van der Waals surface area contributed by atoms with Gasteiger partial charge in [-0.1, -0.05) is 12.1 Å². The quantitative estimate of drug-likeness (QED) is 0.584. The molecule has 0 radical (unpaired) electrons. The molecule has 9 heteroatoms. The molecular weight excluding hydrogens is 442 g/mol. The summed E-state index contributed by atoms with van der Waals surface area (Å²) in [6.07, 6.45) is 8.96. The molecule has 1 aromatic carbocycles. The van der Waals surface area contributed by atoms with Crippen LogP contribution >= 0.6 is 0 Å². The van der Waals surface area contributed by atoms with Crippen LogP contribution in [-0.4, -0.2) is 75.2 Å². The predicted molar refractivity (Wildman–Crippen MR) is 134 cm³/mol. The lowest BCUT2D eigenvalue weighted by molar-refractivity contribution is -0.139. The van der Waals surface area contributed by atoms with Gasteiger partial charge in [-0.2, -0.15) is 15.3 Å². The minimum atomic E-state index is -0.592. The SMILES string of the molecule is CN(C(=O)C1(c2cnn(C)c2)CCN(c2cnnc(-c3ccccc3O)c2)CC1)C1CCNCC1. The van der Waals surface area contributed by atoms with Crippen LogP contribution in [0.15, 0.2) is 48.9 Å². The van der Waals surface area contributed by atoms with E-state index in [2.05, 4.69) is 25.5 Å². The highest BCUT2D eigenvalue weighted by atomic mass is 16.3. The molecule has 0 bridgehead atoms. The summed E-state index contributed by atoms with van der Waals surface area (Å²) in [5.74, 6) is 0.375. The third kappa shape index (κ3) is 4.48. The van der Waals surface area contributed by atoms with E-state index in [4.69, 9.17) is 0 Å². The number of piperidine rings is 2. The predicted octanol–water partition coefficient (Wildman–Crippen LogP) is 2.33. The monoisotopic (exact) mass is 475 g/mol. The zero-order valence-corrected chi connectivity index (χ0v) is 20.4. The number of hydrogen-bond donors (Lipinski definition) is 2. The van der Waals surface area contributed by atoms with Gasteiger partial charge in [-0.15, -0.1) is 0 Å². The number of nitrogens with zero attached hydrogens (tertiary/aromatic N) is 6. The average molecular weight is 476 g/mol. The number of nitrogens with one attached hydrogen (secondary N) is 1. The second-order valence-corrected chi connectivity index (χ2v) is 9.69. The number of likely N-dealkylation sites (N-methyl/N-ethyl adjacent to an activating group) is 1. The number of benzene rings is 1.